The molecule has 0 spiro atoms. The van der Waals surface area contributed by atoms with Crippen LogP contribution in [0.25, 0.3) is 16.5 Å². The number of benzene rings is 1. The molecule has 0 radical (unpaired) electrons. The molecule has 2 amide bonds. The molecular weight excluding hydrogens is 273 g/mol. The second-order valence-electron chi connectivity index (χ2n) is 4.73. The van der Waals surface area contributed by atoms with Crippen LogP contribution in [-0.2, 0) is 4.79 Å². The average Bonchev–Trinajstić information content (AvgIpc) is 2.77. The minimum absolute atomic E-state index is 0.0227. The van der Waals surface area contributed by atoms with Gasteiger partial charge in [-0.15, -0.1) is 0 Å². The molecule has 5 nitrogen and oxygen atoms in total. The summed E-state index contributed by atoms with van der Waals surface area (Å²) in [4.78, 5) is 30.0. The molecule has 1 aliphatic heterocycles. The molecule has 1 aromatic heterocycles. The van der Waals surface area contributed by atoms with E-state index in [4.69, 9.17) is 0 Å². The van der Waals surface area contributed by atoms with Crippen molar-refractivity contribution in [3.8, 4) is 0 Å². The molecule has 2 N–H and O–H groups in total. The molecule has 21 heavy (non-hydrogen) atoms. The van der Waals surface area contributed by atoms with Gasteiger partial charge in [0.2, 0.25) is 5.91 Å². The highest BCUT2D eigenvalue weighted by Gasteiger charge is 2.24. The molecule has 0 fully saturated rings. The highest BCUT2D eigenvalue weighted by Crippen LogP contribution is 2.32. The number of aromatic amines is 1. The van der Waals surface area contributed by atoms with E-state index in [0.29, 0.717) is 34.3 Å². The van der Waals surface area contributed by atoms with Crippen molar-refractivity contribution in [2.75, 3.05) is 6.54 Å². The molecule has 0 aliphatic carbocycles. The monoisotopic (exact) mass is 285 g/mol. The van der Waals surface area contributed by atoms with Gasteiger partial charge in [-0.25, -0.2) is 9.38 Å². The van der Waals surface area contributed by atoms with Gasteiger partial charge in [0.05, 0.1) is 6.42 Å². The first-order valence-corrected chi connectivity index (χ1v) is 6.38. The van der Waals surface area contributed by atoms with Crippen LogP contribution >= 0.6 is 0 Å². The zero-order valence-corrected chi connectivity index (χ0v) is 11.1. The first kappa shape index (κ1) is 13.2. The lowest BCUT2D eigenvalue weighted by Gasteiger charge is -2.04. The van der Waals surface area contributed by atoms with Crippen molar-refractivity contribution in [2.45, 2.75) is 6.42 Å². The van der Waals surface area contributed by atoms with Crippen molar-refractivity contribution < 1.29 is 14.0 Å². The Labute approximate surface area is 119 Å². The van der Waals surface area contributed by atoms with Gasteiger partial charge >= 0.3 is 0 Å². The summed E-state index contributed by atoms with van der Waals surface area (Å²) in [5.41, 5.74) is 2.16. The van der Waals surface area contributed by atoms with Crippen LogP contribution in [0.15, 0.2) is 29.3 Å². The fourth-order valence-corrected chi connectivity index (χ4v) is 2.50. The quantitative estimate of drug-likeness (QED) is 0.829. The third-order valence-electron chi connectivity index (χ3n) is 3.44. The van der Waals surface area contributed by atoms with E-state index >= 15 is 0 Å². The zero-order valence-electron chi connectivity index (χ0n) is 11.1. The number of carbonyl (C=O) groups is 2. The number of amides is 2. The van der Waals surface area contributed by atoms with Crippen LogP contribution in [0.3, 0.4) is 0 Å². The van der Waals surface area contributed by atoms with Crippen LogP contribution in [0, 0.1) is 5.82 Å². The van der Waals surface area contributed by atoms with E-state index in [2.05, 4.69) is 22.0 Å². The third kappa shape index (κ3) is 2.24. The van der Waals surface area contributed by atoms with Crippen molar-refractivity contribution in [3.63, 3.8) is 0 Å². The minimum Gasteiger partial charge on any atom is -0.350 e. The number of aliphatic imine (C=N–C) groups is 1. The van der Waals surface area contributed by atoms with Crippen LogP contribution in [0.1, 0.15) is 22.5 Å². The first-order valence-electron chi connectivity index (χ1n) is 6.38. The summed E-state index contributed by atoms with van der Waals surface area (Å²) in [6.45, 7) is 3.51. The fraction of sp³-hybridized carbons (Fsp3) is 0.133. The van der Waals surface area contributed by atoms with Crippen molar-refractivity contribution in [2.24, 2.45) is 4.99 Å². The zero-order chi connectivity index (χ0) is 15.0. The maximum atomic E-state index is 13.5. The van der Waals surface area contributed by atoms with Crippen molar-refractivity contribution in [1.82, 2.24) is 10.3 Å². The maximum Gasteiger partial charge on any atom is 0.268 e. The Hall–Kier alpha value is -2.76. The van der Waals surface area contributed by atoms with Crippen LogP contribution in [0.2, 0.25) is 0 Å². The average molecular weight is 285 g/mol. The van der Waals surface area contributed by atoms with E-state index < -0.39 is 11.7 Å². The Morgan fingerprint density at radius 1 is 1.43 bits per heavy atom. The molecule has 106 valence electrons. The van der Waals surface area contributed by atoms with Crippen LogP contribution in [-0.4, -0.2) is 30.1 Å². The molecule has 0 saturated carbocycles. The lowest BCUT2D eigenvalue weighted by molar-refractivity contribution is -0.116. The number of aromatic nitrogens is 1. The van der Waals surface area contributed by atoms with E-state index in [1.165, 1.54) is 12.1 Å². The molecule has 0 saturated heterocycles. The molecule has 1 aromatic carbocycles. The van der Waals surface area contributed by atoms with Gasteiger partial charge < -0.3 is 10.3 Å². The van der Waals surface area contributed by atoms with Gasteiger partial charge in [0.25, 0.3) is 5.91 Å². The Kier molecular flexibility index (Phi) is 3.13. The summed E-state index contributed by atoms with van der Waals surface area (Å²) in [5.74, 6) is -1.08. The normalized spacial score (nSPS) is 14.1. The van der Waals surface area contributed by atoms with Gasteiger partial charge in [-0.05, 0) is 30.5 Å². The Balaban J connectivity index is 2.25. The predicted octanol–water partition coefficient (Wildman–Crippen LogP) is 2.05. The molecule has 2 heterocycles. The second-order valence-corrected chi connectivity index (χ2v) is 4.73. The molecule has 0 bridgehead atoms. The van der Waals surface area contributed by atoms with Gasteiger partial charge in [0.15, 0.2) is 0 Å². The summed E-state index contributed by atoms with van der Waals surface area (Å²) in [5, 5.41) is 3.27. The topological polar surface area (TPSA) is 74.3 Å². The summed E-state index contributed by atoms with van der Waals surface area (Å²) >= 11 is 0. The van der Waals surface area contributed by atoms with Crippen molar-refractivity contribution >= 4 is 35.0 Å². The minimum atomic E-state index is -0.401. The standard InChI is InChI=1S/C15H12FN3O2/c1-17-12(20)6-8-4-5-18-15(21)14-13(8)10-7-9(16)2-3-11(10)19-14/h2-4,7,19H,1,5-6H2,(H,18,21). The summed E-state index contributed by atoms with van der Waals surface area (Å²) < 4.78 is 13.5. The summed E-state index contributed by atoms with van der Waals surface area (Å²) in [7, 11) is 0. The molecule has 6 heteroatoms. The highest BCUT2D eigenvalue weighted by molar-refractivity contribution is 6.09. The molecule has 1 aliphatic rings. The summed E-state index contributed by atoms with van der Waals surface area (Å²) in [6.07, 6.45) is 1.76. The number of nitrogens with one attached hydrogen (secondary N) is 2. The number of hydrogen-bond acceptors (Lipinski definition) is 2. The van der Waals surface area contributed by atoms with Crippen LogP contribution in [0.4, 0.5) is 4.39 Å². The van der Waals surface area contributed by atoms with Crippen molar-refractivity contribution in [1.29, 1.82) is 0 Å². The number of halogens is 1. The smallest absolute Gasteiger partial charge is 0.268 e. The predicted molar refractivity (Wildman–Crippen MR) is 77.7 cm³/mol. The van der Waals surface area contributed by atoms with Crippen LogP contribution in [0.5, 0.6) is 0 Å². The lowest BCUT2D eigenvalue weighted by Crippen LogP contribution is -2.22. The van der Waals surface area contributed by atoms with Gasteiger partial charge in [-0.3, -0.25) is 9.59 Å². The van der Waals surface area contributed by atoms with Gasteiger partial charge in [0.1, 0.15) is 11.5 Å². The van der Waals surface area contributed by atoms with E-state index in [0.717, 1.165) is 0 Å². The number of H-pyrrole nitrogens is 1. The molecule has 0 unspecified atom stereocenters. The Morgan fingerprint density at radius 2 is 2.24 bits per heavy atom. The number of rotatable bonds is 2. The molecule has 3 rings (SSSR count). The van der Waals surface area contributed by atoms with Crippen molar-refractivity contribution in [3.05, 3.63) is 41.3 Å². The third-order valence-corrected chi connectivity index (χ3v) is 3.44. The Morgan fingerprint density at radius 3 is 3.00 bits per heavy atom. The van der Waals surface area contributed by atoms with E-state index in [9.17, 15) is 14.0 Å². The lowest BCUT2D eigenvalue weighted by atomic mass is 9.99. The van der Waals surface area contributed by atoms with Gasteiger partial charge in [-0.1, -0.05) is 6.08 Å². The largest absolute Gasteiger partial charge is 0.350 e. The van der Waals surface area contributed by atoms with E-state index in [-0.39, 0.29) is 12.3 Å². The van der Waals surface area contributed by atoms with Crippen LogP contribution < -0.4 is 5.32 Å². The molecular formula is C15H12FN3O2. The van der Waals surface area contributed by atoms with E-state index in [1.54, 1.807) is 12.1 Å². The fourth-order valence-electron chi connectivity index (χ4n) is 2.50. The van der Waals surface area contributed by atoms with E-state index in [1.807, 2.05) is 0 Å². The number of carbonyl (C=O) groups excluding carboxylic acids is 2. The number of nitrogens with zero attached hydrogens (tertiary/aromatic N) is 1. The van der Waals surface area contributed by atoms with Gasteiger partial charge in [0, 0.05) is 23.0 Å². The second kappa shape index (κ2) is 4.97. The number of fused-ring (bicyclic) bond motifs is 3. The molecule has 2 aromatic rings. The molecule has 0 atom stereocenters. The van der Waals surface area contributed by atoms with Gasteiger partial charge in [-0.2, -0.15) is 0 Å². The Bertz CT molecular complexity index is 805. The summed E-state index contributed by atoms with van der Waals surface area (Å²) in [6, 6.07) is 4.23. The SMILES string of the molecule is C=NC(=O)CC1=CCNC(=O)c2[nH]c3ccc(F)cc3c21. The first-order chi connectivity index (χ1) is 10.1. The highest BCUT2D eigenvalue weighted by atomic mass is 19.1. The maximum absolute atomic E-state index is 13.5. The number of hydrogen-bond donors (Lipinski definition) is 2.